The van der Waals surface area contributed by atoms with Gasteiger partial charge in [0.25, 0.3) is 0 Å². The number of rotatable bonds is 8. The number of sulfone groups is 1. The predicted molar refractivity (Wildman–Crippen MR) is 139 cm³/mol. The van der Waals surface area contributed by atoms with Crippen molar-refractivity contribution in [1.29, 1.82) is 0 Å². The maximum absolute atomic E-state index is 11.8. The van der Waals surface area contributed by atoms with Crippen LogP contribution >= 0.6 is 11.3 Å². The summed E-state index contributed by atoms with van der Waals surface area (Å²) in [5.74, 6) is -0.254. The van der Waals surface area contributed by atoms with Crippen LogP contribution in [0.1, 0.15) is 33.8 Å². The second-order valence-electron chi connectivity index (χ2n) is 8.87. The highest BCUT2D eigenvalue weighted by Crippen LogP contribution is 2.32. The summed E-state index contributed by atoms with van der Waals surface area (Å²) in [5.41, 5.74) is 2.36. The highest BCUT2D eigenvalue weighted by atomic mass is 32.2. The number of nitrogens with zero attached hydrogens (tertiary/aromatic N) is 6. The third kappa shape index (κ3) is 4.99. The molecule has 0 unspecified atom stereocenters. The molecule has 1 atom stereocenters. The van der Waals surface area contributed by atoms with Crippen molar-refractivity contribution in [3.05, 3.63) is 46.7 Å². The van der Waals surface area contributed by atoms with E-state index in [4.69, 9.17) is 0 Å². The van der Waals surface area contributed by atoms with E-state index in [0.29, 0.717) is 40.9 Å². The van der Waals surface area contributed by atoms with Gasteiger partial charge in [0.15, 0.2) is 32.0 Å². The average molecular weight is 544 g/mol. The number of carboxylic acid groups (broad SMARTS) is 1. The van der Waals surface area contributed by atoms with Gasteiger partial charge in [-0.15, -0.1) is 0 Å². The molecule has 5 rings (SSSR count). The summed E-state index contributed by atoms with van der Waals surface area (Å²) >= 11 is 0.996. The third-order valence-electron chi connectivity index (χ3n) is 6.22. The van der Waals surface area contributed by atoms with Gasteiger partial charge in [0.2, 0.25) is 5.95 Å². The lowest BCUT2D eigenvalue weighted by atomic mass is 10.2. The molecule has 0 saturated carbocycles. The fraction of sp³-hybridized carbons (Fsp3) is 0.348. The Morgan fingerprint density at radius 1 is 1.22 bits per heavy atom. The second kappa shape index (κ2) is 9.68. The Balaban J connectivity index is 1.55. The molecule has 1 aromatic carbocycles. The van der Waals surface area contributed by atoms with Crippen LogP contribution in [0, 0.1) is 6.92 Å². The first-order valence-corrected chi connectivity index (χ1v) is 14.2. The summed E-state index contributed by atoms with van der Waals surface area (Å²) in [6.07, 6.45) is 4.54. The monoisotopic (exact) mass is 543 g/mol. The number of carboxylic acids is 1. The summed E-state index contributed by atoms with van der Waals surface area (Å²) < 4.78 is 25.4. The normalized spacial score (nSPS) is 16.0. The first kappa shape index (κ1) is 25.0. The molecule has 4 aromatic rings. The van der Waals surface area contributed by atoms with Crippen molar-refractivity contribution in [2.75, 3.05) is 29.6 Å². The molecule has 0 aliphatic carbocycles. The summed E-state index contributed by atoms with van der Waals surface area (Å²) in [7, 11) is -3.30. The zero-order chi connectivity index (χ0) is 26.3. The minimum Gasteiger partial charge on any atom is -0.477 e. The van der Waals surface area contributed by atoms with Crippen molar-refractivity contribution in [2.45, 2.75) is 37.2 Å². The van der Waals surface area contributed by atoms with Crippen LogP contribution in [-0.4, -0.2) is 74.6 Å². The Morgan fingerprint density at radius 3 is 2.62 bits per heavy atom. The Bertz CT molecular complexity index is 1580. The van der Waals surface area contributed by atoms with Crippen LogP contribution in [0.3, 0.4) is 0 Å². The maximum atomic E-state index is 11.8. The number of aromatic carboxylic acids is 1. The predicted octanol–water partition coefficient (Wildman–Crippen LogP) is 2.45. The number of fused-ring (bicyclic) bond motifs is 1. The average Bonchev–Trinajstić information content (AvgIpc) is 3.57. The number of aryl methyl sites for hydroxylation is 1. The van der Waals surface area contributed by atoms with Gasteiger partial charge < -0.3 is 19.7 Å². The van der Waals surface area contributed by atoms with E-state index < -0.39 is 15.8 Å². The van der Waals surface area contributed by atoms with Crippen LogP contribution in [0.15, 0.2) is 35.5 Å². The van der Waals surface area contributed by atoms with E-state index in [1.165, 1.54) is 6.26 Å². The molecular formula is C23H25N7O5S2. The van der Waals surface area contributed by atoms with E-state index in [9.17, 15) is 23.4 Å². The van der Waals surface area contributed by atoms with Crippen LogP contribution in [0.4, 0.5) is 16.9 Å². The molecule has 194 valence electrons. The van der Waals surface area contributed by atoms with Gasteiger partial charge in [-0.3, -0.25) is 5.32 Å². The van der Waals surface area contributed by atoms with Gasteiger partial charge in [-0.1, -0.05) is 23.5 Å². The van der Waals surface area contributed by atoms with Gasteiger partial charge in [-0.25, -0.2) is 23.2 Å². The quantitative estimate of drug-likeness (QED) is 0.299. The van der Waals surface area contributed by atoms with Gasteiger partial charge in [-0.2, -0.15) is 9.97 Å². The van der Waals surface area contributed by atoms with E-state index in [1.807, 2.05) is 9.47 Å². The first-order valence-electron chi connectivity index (χ1n) is 11.5. The lowest BCUT2D eigenvalue weighted by Gasteiger charge is -2.24. The Labute approximate surface area is 216 Å². The molecule has 37 heavy (non-hydrogen) atoms. The number of carbonyl (C=O) groups is 1. The van der Waals surface area contributed by atoms with Crippen molar-refractivity contribution < 1.29 is 23.4 Å². The molecule has 1 aliphatic rings. The van der Waals surface area contributed by atoms with E-state index in [1.54, 1.807) is 37.5 Å². The minimum atomic E-state index is -3.30. The Morgan fingerprint density at radius 2 is 1.97 bits per heavy atom. The van der Waals surface area contributed by atoms with E-state index in [0.717, 1.165) is 29.7 Å². The fourth-order valence-electron chi connectivity index (χ4n) is 4.39. The van der Waals surface area contributed by atoms with Crippen molar-refractivity contribution >= 4 is 55.2 Å². The van der Waals surface area contributed by atoms with Crippen LogP contribution in [0.5, 0.6) is 0 Å². The number of aliphatic hydroxyl groups is 1. The third-order valence-corrected chi connectivity index (χ3v) is 8.41. The number of nitrogens with one attached hydrogen (secondary N) is 1. The first-order chi connectivity index (χ1) is 17.6. The second-order valence-corrected chi connectivity index (χ2v) is 11.9. The highest BCUT2D eigenvalue weighted by Gasteiger charge is 2.29. The molecule has 0 spiro atoms. The van der Waals surface area contributed by atoms with Crippen LogP contribution in [0.2, 0.25) is 0 Å². The maximum Gasteiger partial charge on any atom is 0.347 e. The smallest absolute Gasteiger partial charge is 0.347 e. The zero-order valence-electron chi connectivity index (χ0n) is 20.1. The largest absolute Gasteiger partial charge is 0.477 e. The highest BCUT2D eigenvalue weighted by molar-refractivity contribution is 7.90. The van der Waals surface area contributed by atoms with E-state index >= 15 is 0 Å². The molecule has 12 nitrogen and oxygen atoms in total. The van der Waals surface area contributed by atoms with E-state index in [2.05, 4.69) is 25.3 Å². The molecule has 3 aromatic heterocycles. The SMILES string of the molecule is Cc1nc(Nc2nc(N3CCC[C@H]3CO)c3ncn(Cc4ccc(S(C)(=O)=O)cc4)c3n2)sc1C(=O)O. The van der Waals surface area contributed by atoms with Crippen molar-refractivity contribution in [2.24, 2.45) is 0 Å². The Hall–Kier alpha value is -3.62. The van der Waals surface area contributed by atoms with Gasteiger partial charge in [-0.05, 0) is 37.5 Å². The minimum absolute atomic E-state index is 0.0186. The lowest BCUT2D eigenvalue weighted by molar-refractivity contribution is 0.0701. The number of hydrogen-bond acceptors (Lipinski definition) is 11. The van der Waals surface area contributed by atoms with Crippen molar-refractivity contribution in [1.82, 2.24) is 24.5 Å². The van der Waals surface area contributed by atoms with Gasteiger partial charge in [0.1, 0.15) is 4.88 Å². The van der Waals surface area contributed by atoms with Gasteiger partial charge in [0, 0.05) is 12.8 Å². The van der Waals surface area contributed by atoms with Gasteiger partial charge in [0.05, 0.1) is 36.1 Å². The molecule has 1 saturated heterocycles. The van der Waals surface area contributed by atoms with Crippen LogP contribution in [-0.2, 0) is 16.4 Å². The molecule has 1 aliphatic heterocycles. The Kier molecular flexibility index (Phi) is 6.56. The molecule has 0 amide bonds. The van der Waals surface area contributed by atoms with Crippen molar-refractivity contribution in [3.8, 4) is 0 Å². The number of thiazole rings is 1. The fourth-order valence-corrected chi connectivity index (χ4v) is 5.82. The number of imidazole rings is 1. The molecule has 4 heterocycles. The lowest BCUT2D eigenvalue weighted by Crippen LogP contribution is -2.33. The molecule has 3 N–H and O–H groups in total. The standard InChI is InChI=1S/C23H25N7O5S2/c1-13-18(21(32)33)36-23(25-13)28-22-26-19-17(20(27-22)30-9-3-4-15(30)11-31)24-12-29(19)10-14-5-7-16(8-6-14)37(2,34)35/h5-8,12,15,31H,3-4,9-11H2,1-2H3,(H,32,33)(H,25,26,27,28)/t15-/m0/s1. The number of aromatic nitrogens is 5. The van der Waals surface area contributed by atoms with Crippen molar-refractivity contribution in [3.63, 3.8) is 0 Å². The molecule has 1 fully saturated rings. The molecular weight excluding hydrogens is 518 g/mol. The topological polar surface area (TPSA) is 163 Å². The summed E-state index contributed by atoms with van der Waals surface area (Å²) in [6, 6.07) is 6.53. The number of hydrogen-bond donors (Lipinski definition) is 3. The van der Waals surface area contributed by atoms with Crippen LogP contribution in [0.25, 0.3) is 11.2 Å². The van der Waals surface area contributed by atoms with Crippen LogP contribution < -0.4 is 10.2 Å². The number of benzene rings is 1. The molecule has 0 bridgehead atoms. The van der Waals surface area contributed by atoms with E-state index in [-0.39, 0.29) is 28.4 Å². The summed E-state index contributed by atoms with van der Waals surface area (Å²) in [5, 5.41) is 22.7. The number of aliphatic hydroxyl groups excluding tert-OH is 1. The summed E-state index contributed by atoms with van der Waals surface area (Å²) in [6.45, 7) is 2.70. The molecule has 14 heteroatoms. The summed E-state index contributed by atoms with van der Waals surface area (Å²) in [4.78, 5) is 32.1. The number of anilines is 3. The van der Waals surface area contributed by atoms with Gasteiger partial charge >= 0.3 is 5.97 Å². The zero-order valence-corrected chi connectivity index (χ0v) is 21.8. The molecule has 0 radical (unpaired) electrons.